The van der Waals surface area contributed by atoms with E-state index < -0.39 is 0 Å². The van der Waals surface area contributed by atoms with E-state index in [9.17, 15) is 0 Å². The first-order valence-corrected chi connectivity index (χ1v) is 4.37. The van der Waals surface area contributed by atoms with Crippen LogP contribution in [0.25, 0.3) is 0 Å². The molecule has 4 nitrogen and oxygen atoms in total. The first kappa shape index (κ1) is 9.41. The number of hydrogen-bond donors (Lipinski definition) is 2. The maximum absolute atomic E-state index is 8.98. The SMILES string of the molecule is CC(O)CNc1ncncc1Br. The molecule has 0 saturated heterocycles. The minimum Gasteiger partial charge on any atom is -0.392 e. The summed E-state index contributed by atoms with van der Waals surface area (Å²) in [6.07, 6.45) is 2.72. The molecule has 1 aromatic rings. The van der Waals surface area contributed by atoms with E-state index in [1.807, 2.05) is 0 Å². The Morgan fingerprint density at radius 3 is 3.08 bits per heavy atom. The average Bonchev–Trinajstić information content (AvgIpc) is 2.03. The molecule has 1 atom stereocenters. The number of nitrogens with zero attached hydrogens (tertiary/aromatic N) is 2. The second-order valence-electron chi connectivity index (χ2n) is 2.45. The summed E-state index contributed by atoms with van der Waals surface area (Å²) in [4.78, 5) is 7.78. The minimum atomic E-state index is -0.383. The van der Waals surface area contributed by atoms with Crippen molar-refractivity contribution in [3.63, 3.8) is 0 Å². The number of halogens is 1. The van der Waals surface area contributed by atoms with Crippen LogP contribution >= 0.6 is 15.9 Å². The maximum atomic E-state index is 8.98. The Labute approximate surface area is 79.2 Å². The fraction of sp³-hybridized carbons (Fsp3) is 0.429. The Morgan fingerprint density at radius 1 is 1.75 bits per heavy atom. The largest absolute Gasteiger partial charge is 0.392 e. The molecule has 0 aliphatic rings. The van der Waals surface area contributed by atoms with Gasteiger partial charge in [0.05, 0.1) is 10.6 Å². The van der Waals surface area contributed by atoms with E-state index in [0.29, 0.717) is 12.4 Å². The molecule has 0 aliphatic heterocycles. The number of nitrogens with one attached hydrogen (secondary N) is 1. The van der Waals surface area contributed by atoms with E-state index in [1.54, 1.807) is 13.1 Å². The lowest BCUT2D eigenvalue weighted by Gasteiger charge is -2.07. The molecule has 2 N–H and O–H groups in total. The van der Waals surface area contributed by atoms with Crippen LogP contribution in [0.15, 0.2) is 17.0 Å². The second-order valence-corrected chi connectivity index (χ2v) is 3.30. The summed E-state index contributed by atoms with van der Waals surface area (Å²) < 4.78 is 0.797. The molecule has 0 radical (unpaired) electrons. The van der Waals surface area contributed by atoms with Gasteiger partial charge >= 0.3 is 0 Å². The first-order valence-electron chi connectivity index (χ1n) is 3.57. The summed E-state index contributed by atoms with van der Waals surface area (Å²) in [7, 11) is 0. The molecule has 0 amide bonds. The summed E-state index contributed by atoms with van der Waals surface area (Å²) in [5, 5.41) is 11.9. The molecule has 0 fully saturated rings. The van der Waals surface area contributed by atoms with Crippen LogP contribution in [0.4, 0.5) is 5.82 Å². The molecule has 66 valence electrons. The number of hydrogen-bond acceptors (Lipinski definition) is 4. The lowest BCUT2D eigenvalue weighted by molar-refractivity contribution is 0.208. The predicted molar refractivity (Wildman–Crippen MR) is 49.9 cm³/mol. The van der Waals surface area contributed by atoms with E-state index in [4.69, 9.17) is 5.11 Å². The van der Waals surface area contributed by atoms with Crippen molar-refractivity contribution in [2.45, 2.75) is 13.0 Å². The van der Waals surface area contributed by atoms with Crippen LogP contribution in [0.1, 0.15) is 6.92 Å². The monoisotopic (exact) mass is 231 g/mol. The Kier molecular flexibility index (Phi) is 3.43. The lowest BCUT2D eigenvalue weighted by Crippen LogP contribution is -2.16. The number of anilines is 1. The molecule has 0 bridgehead atoms. The van der Waals surface area contributed by atoms with Crippen molar-refractivity contribution >= 4 is 21.7 Å². The van der Waals surface area contributed by atoms with Crippen LogP contribution in [-0.2, 0) is 0 Å². The quantitative estimate of drug-likeness (QED) is 0.817. The molecular formula is C7H10BrN3O. The van der Waals surface area contributed by atoms with Gasteiger partial charge in [0.2, 0.25) is 0 Å². The normalized spacial score (nSPS) is 12.6. The molecule has 0 saturated carbocycles. The fourth-order valence-electron chi connectivity index (χ4n) is 0.687. The molecule has 12 heavy (non-hydrogen) atoms. The maximum Gasteiger partial charge on any atom is 0.143 e. The number of rotatable bonds is 3. The summed E-state index contributed by atoms with van der Waals surface area (Å²) in [5.41, 5.74) is 0. The van der Waals surface area contributed by atoms with E-state index in [0.717, 1.165) is 4.47 Å². The van der Waals surface area contributed by atoms with E-state index in [1.165, 1.54) is 6.33 Å². The average molecular weight is 232 g/mol. The number of aliphatic hydroxyl groups excluding tert-OH is 1. The van der Waals surface area contributed by atoms with Gasteiger partial charge in [-0.25, -0.2) is 9.97 Å². The zero-order valence-corrected chi connectivity index (χ0v) is 8.24. The highest BCUT2D eigenvalue weighted by Crippen LogP contribution is 2.16. The standard InChI is InChI=1S/C7H10BrN3O/c1-5(12)2-10-7-6(8)3-9-4-11-7/h3-5,12H,2H2,1H3,(H,9,10,11). The predicted octanol–water partition coefficient (Wildman–Crippen LogP) is 1.03. The second kappa shape index (κ2) is 4.37. The van der Waals surface area contributed by atoms with Crippen molar-refractivity contribution in [3.8, 4) is 0 Å². The number of aromatic nitrogens is 2. The summed E-state index contributed by atoms with van der Waals surface area (Å²) in [6.45, 7) is 2.19. The molecule has 0 aliphatic carbocycles. The van der Waals surface area contributed by atoms with Crippen molar-refractivity contribution in [1.82, 2.24) is 9.97 Å². The van der Waals surface area contributed by atoms with Crippen LogP contribution in [0, 0.1) is 0 Å². The summed E-state index contributed by atoms with van der Waals surface area (Å²) >= 11 is 3.28. The third kappa shape index (κ3) is 2.75. The van der Waals surface area contributed by atoms with Crippen molar-refractivity contribution in [3.05, 3.63) is 17.0 Å². The Balaban J connectivity index is 2.57. The van der Waals surface area contributed by atoms with Gasteiger partial charge in [-0.1, -0.05) is 0 Å². The zero-order chi connectivity index (χ0) is 8.97. The van der Waals surface area contributed by atoms with E-state index in [-0.39, 0.29) is 6.10 Å². The zero-order valence-electron chi connectivity index (χ0n) is 6.66. The van der Waals surface area contributed by atoms with Gasteiger partial charge in [-0.2, -0.15) is 0 Å². The van der Waals surface area contributed by atoms with Crippen LogP contribution in [-0.4, -0.2) is 27.7 Å². The summed E-state index contributed by atoms with van der Waals surface area (Å²) in [6, 6.07) is 0. The van der Waals surface area contributed by atoms with Crippen LogP contribution in [0.2, 0.25) is 0 Å². The van der Waals surface area contributed by atoms with Gasteiger partial charge in [0, 0.05) is 12.7 Å². The molecule has 5 heteroatoms. The highest BCUT2D eigenvalue weighted by atomic mass is 79.9. The van der Waals surface area contributed by atoms with Gasteiger partial charge in [0.1, 0.15) is 12.1 Å². The summed E-state index contributed by atoms with van der Waals surface area (Å²) in [5.74, 6) is 0.700. The van der Waals surface area contributed by atoms with Gasteiger partial charge in [-0.3, -0.25) is 0 Å². The highest BCUT2D eigenvalue weighted by molar-refractivity contribution is 9.10. The molecule has 1 aromatic heterocycles. The highest BCUT2D eigenvalue weighted by Gasteiger charge is 2.00. The van der Waals surface area contributed by atoms with Crippen molar-refractivity contribution < 1.29 is 5.11 Å². The molecule has 1 rings (SSSR count). The molecule has 0 aromatic carbocycles. The third-order valence-electron chi connectivity index (χ3n) is 1.23. The topological polar surface area (TPSA) is 58.0 Å². The van der Waals surface area contributed by atoms with Gasteiger partial charge in [0.15, 0.2) is 0 Å². The van der Waals surface area contributed by atoms with Gasteiger partial charge in [-0.15, -0.1) is 0 Å². The Morgan fingerprint density at radius 2 is 2.50 bits per heavy atom. The smallest absolute Gasteiger partial charge is 0.143 e. The number of aliphatic hydroxyl groups is 1. The van der Waals surface area contributed by atoms with Crippen LogP contribution < -0.4 is 5.32 Å². The van der Waals surface area contributed by atoms with Crippen molar-refractivity contribution in [2.75, 3.05) is 11.9 Å². The minimum absolute atomic E-state index is 0.383. The van der Waals surface area contributed by atoms with Gasteiger partial charge in [0.25, 0.3) is 0 Å². The molecule has 1 heterocycles. The van der Waals surface area contributed by atoms with Crippen molar-refractivity contribution in [1.29, 1.82) is 0 Å². The van der Waals surface area contributed by atoms with Crippen molar-refractivity contribution in [2.24, 2.45) is 0 Å². The van der Waals surface area contributed by atoms with Crippen LogP contribution in [0.3, 0.4) is 0 Å². The van der Waals surface area contributed by atoms with Gasteiger partial charge in [-0.05, 0) is 22.9 Å². The molecule has 1 unspecified atom stereocenters. The fourth-order valence-corrected chi connectivity index (χ4v) is 1.05. The van der Waals surface area contributed by atoms with Crippen LogP contribution in [0.5, 0.6) is 0 Å². The first-order chi connectivity index (χ1) is 5.70. The van der Waals surface area contributed by atoms with Gasteiger partial charge < -0.3 is 10.4 Å². The molecular weight excluding hydrogens is 222 g/mol. The lowest BCUT2D eigenvalue weighted by atomic mass is 10.4. The molecule has 0 spiro atoms. The van der Waals surface area contributed by atoms with E-state index in [2.05, 4.69) is 31.2 Å². The Hall–Kier alpha value is -0.680. The van der Waals surface area contributed by atoms with E-state index >= 15 is 0 Å². The Bertz CT molecular complexity index is 254. The third-order valence-corrected chi connectivity index (χ3v) is 1.81.